The molecule has 3 rings (SSSR count). The second-order valence-electron chi connectivity index (χ2n) is 8.03. The van der Waals surface area contributed by atoms with Gasteiger partial charge in [0.25, 0.3) is 5.91 Å². The summed E-state index contributed by atoms with van der Waals surface area (Å²) in [4.78, 5) is 41.6. The fourth-order valence-electron chi connectivity index (χ4n) is 3.19. The SMILES string of the molecule is O=C(NCC(F)(F)F)C1=NOC2(CCCN(Cc3ccccn3)C2)C1.O=C(O)C(F)(F)F.O=C(O)C(F)(F)F. The number of likely N-dealkylation sites (tertiary alicyclic amines) is 1. The lowest BCUT2D eigenvalue weighted by molar-refractivity contribution is -0.193. The number of aliphatic carboxylic acids is 2. The summed E-state index contributed by atoms with van der Waals surface area (Å²) in [6.45, 7) is 0.714. The number of carbonyl (C=O) groups excluding carboxylic acids is 1. The fourth-order valence-corrected chi connectivity index (χ4v) is 3.19. The average molecular weight is 584 g/mol. The molecular weight excluding hydrogens is 563 g/mol. The Morgan fingerprint density at radius 2 is 1.56 bits per heavy atom. The topological polar surface area (TPSA) is 141 Å². The van der Waals surface area contributed by atoms with Crippen molar-refractivity contribution in [3.05, 3.63) is 30.1 Å². The van der Waals surface area contributed by atoms with Crippen LogP contribution in [-0.2, 0) is 25.8 Å². The molecule has 2 aliphatic heterocycles. The van der Waals surface area contributed by atoms with Crippen LogP contribution in [0.4, 0.5) is 39.5 Å². The van der Waals surface area contributed by atoms with Crippen LogP contribution in [0.15, 0.2) is 29.6 Å². The maximum Gasteiger partial charge on any atom is 0.490 e. The number of pyridine rings is 1. The van der Waals surface area contributed by atoms with E-state index in [9.17, 15) is 44.3 Å². The van der Waals surface area contributed by atoms with Crippen LogP contribution in [0.1, 0.15) is 25.0 Å². The van der Waals surface area contributed by atoms with E-state index >= 15 is 0 Å². The summed E-state index contributed by atoms with van der Waals surface area (Å²) >= 11 is 0. The van der Waals surface area contributed by atoms with Crippen molar-refractivity contribution in [2.24, 2.45) is 5.16 Å². The van der Waals surface area contributed by atoms with E-state index in [0.29, 0.717) is 19.5 Å². The van der Waals surface area contributed by atoms with Gasteiger partial charge >= 0.3 is 30.5 Å². The van der Waals surface area contributed by atoms with Gasteiger partial charge in [-0.05, 0) is 31.5 Å². The number of carboxylic acids is 2. The van der Waals surface area contributed by atoms with Crippen molar-refractivity contribution in [3.8, 4) is 0 Å². The first-order chi connectivity index (χ1) is 17.7. The van der Waals surface area contributed by atoms with Crippen LogP contribution in [0.25, 0.3) is 0 Å². The van der Waals surface area contributed by atoms with E-state index in [1.165, 1.54) is 0 Å². The quantitative estimate of drug-likeness (QED) is 0.459. The van der Waals surface area contributed by atoms with Gasteiger partial charge in [0, 0.05) is 25.7 Å². The fraction of sp³-hybridized carbons (Fsp3) is 0.550. The van der Waals surface area contributed by atoms with Gasteiger partial charge in [-0.1, -0.05) is 11.2 Å². The van der Waals surface area contributed by atoms with Crippen LogP contribution in [0.2, 0.25) is 0 Å². The molecule has 0 aromatic carbocycles. The maximum absolute atomic E-state index is 12.2. The predicted octanol–water partition coefficient (Wildman–Crippen LogP) is 3.14. The van der Waals surface area contributed by atoms with E-state index < -0.39 is 48.5 Å². The van der Waals surface area contributed by atoms with Gasteiger partial charge in [-0.25, -0.2) is 9.59 Å². The Kier molecular flexibility index (Phi) is 11.5. The number of carbonyl (C=O) groups is 3. The third-order valence-corrected chi connectivity index (χ3v) is 4.77. The third kappa shape index (κ3) is 12.6. The van der Waals surface area contributed by atoms with Crippen molar-refractivity contribution in [1.29, 1.82) is 0 Å². The van der Waals surface area contributed by atoms with Crippen LogP contribution in [0.3, 0.4) is 0 Å². The predicted molar refractivity (Wildman–Crippen MR) is 111 cm³/mol. The largest absolute Gasteiger partial charge is 0.490 e. The highest BCUT2D eigenvalue weighted by molar-refractivity contribution is 6.39. The number of oxime groups is 1. The molecule has 0 radical (unpaired) electrons. The van der Waals surface area contributed by atoms with Gasteiger partial charge in [-0.15, -0.1) is 0 Å². The number of rotatable bonds is 4. The van der Waals surface area contributed by atoms with Crippen molar-refractivity contribution >= 4 is 23.6 Å². The summed E-state index contributed by atoms with van der Waals surface area (Å²) in [5, 5.41) is 19.8. The van der Waals surface area contributed by atoms with Crippen LogP contribution < -0.4 is 5.32 Å². The molecule has 1 unspecified atom stereocenters. The number of halogens is 9. The van der Waals surface area contributed by atoms with E-state index in [4.69, 9.17) is 24.6 Å². The number of hydrogen-bond donors (Lipinski definition) is 3. The maximum atomic E-state index is 12.2. The Balaban J connectivity index is 0.000000449. The molecule has 3 N–H and O–H groups in total. The summed E-state index contributed by atoms with van der Waals surface area (Å²) in [6.07, 6.45) is -11.1. The van der Waals surface area contributed by atoms with Gasteiger partial charge in [0.15, 0.2) is 5.60 Å². The molecule has 220 valence electrons. The van der Waals surface area contributed by atoms with E-state index in [1.54, 1.807) is 6.20 Å². The minimum absolute atomic E-state index is 0.0175. The highest BCUT2D eigenvalue weighted by Crippen LogP contribution is 2.34. The Hall–Kier alpha value is -3.64. The Morgan fingerprint density at radius 3 is 2.03 bits per heavy atom. The summed E-state index contributed by atoms with van der Waals surface area (Å²) in [5.74, 6) is -6.34. The highest BCUT2D eigenvalue weighted by atomic mass is 19.4. The first-order valence-electron chi connectivity index (χ1n) is 10.6. The van der Waals surface area contributed by atoms with E-state index in [2.05, 4.69) is 15.0 Å². The van der Waals surface area contributed by atoms with Crippen molar-refractivity contribution < 1.29 is 68.9 Å². The van der Waals surface area contributed by atoms with Crippen LogP contribution in [0.5, 0.6) is 0 Å². The molecule has 0 saturated carbocycles. The summed E-state index contributed by atoms with van der Waals surface area (Å²) in [7, 11) is 0. The zero-order valence-corrected chi connectivity index (χ0v) is 19.5. The number of carboxylic acid groups (broad SMARTS) is 2. The second-order valence-corrected chi connectivity index (χ2v) is 8.03. The Morgan fingerprint density at radius 1 is 1.00 bits per heavy atom. The lowest BCUT2D eigenvalue weighted by atomic mass is 9.88. The number of hydrogen-bond acceptors (Lipinski definition) is 7. The van der Waals surface area contributed by atoms with Crippen LogP contribution in [0, 0.1) is 0 Å². The zero-order valence-electron chi connectivity index (χ0n) is 19.5. The standard InChI is InChI=1S/C16H19F3N4O2.2C2HF3O2/c17-16(18,19)10-21-14(24)13-8-15(25-22-13)5-3-7-23(11-15)9-12-4-1-2-6-20-12;2*3-2(4,5)1(6)7/h1-2,4,6H,3,5,7-11H2,(H,21,24);2*(H,6,7). The van der Waals surface area contributed by atoms with E-state index in [-0.39, 0.29) is 12.1 Å². The molecule has 1 saturated heterocycles. The van der Waals surface area contributed by atoms with Gasteiger partial charge in [-0.3, -0.25) is 14.7 Å². The lowest BCUT2D eigenvalue weighted by Crippen LogP contribution is -2.48. The summed E-state index contributed by atoms with van der Waals surface area (Å²) in [6, 6.07) is 5.70. The molecule has 0 aliphatic carbocycles. The molecule has 1 aromatic rings. The number of alkyl halides is 9. The molecule has 2 aliphatic rings. The highest BCUT2D eigenvalue weighted by Gasteiger charge is 2.45. The molecule has 10 nitrogen and oxygen atoms in total. The molecule has 1 atom stereocenters. The van der Waals surface area contributed by atoms with Gasteiger partial charge < -0.3 is 20.4 Å². The van der Waals surface area contributed by atoms with Crippen LogP contribution >= 0.6 is 0 Å². The number of amides is 1. The number of nitrogens with one attached hydrogen (secondary N) is 1. The third-order valence-electron chi connectivity index (χ3n) is 4.77. The lowest BCUT2D eigenvalue weighted by Gasteiger charge is -2.38. The van der Waals surface area contributed by atoms with Crippen molar-refractivity contribution in [2.45, 2.75) is 49.9 Å². The number of piperidine rings is 1. The molecule has 1 aromatic heterocycles. The van der Waals surface area contributed by atoms with E-state index in [0.717, 1.165) is 18.7 Å². The molecule has 3 heterocycles. The van der Waals surface area contributed by atoms with Crippen LogP contribution in [-0.4, -0.2) is 87.4 Å². The van der Waals surface area contributed by atoms with E-state index in [1.807, 2.05) is 23.5 Å². The molecule has 19 heteroatoms. The van der Waals surface area contributed by atoms with Gasteiger partial charge in [0.05, 0.1) is 5.69 Å². The number of aromatic nitrogens is 1. The molecular formula is C20H21F9N4O6. The van der Waals surface area contributed by atoms with Gasteiger partial charge in [0.1, 0.15) is 12.3 Å². The second kappa shape index (κ2) is 13.4. The monoisotopic (exact) mass is 584 g/mol. The van der Waals surface area contributed by atoms with Crippen molar-refractivity contribution in [3.63, 3.8) is 0 Å². The molecule has 0 bridgehead atoms. The number of nitrogens with zero attached hydrogens (tertiary/aromatic N) is 3. The molecule has 1 fully saturated rings. The van der Waals surface area contributed by atoms with Crippen molar-refractivity contribution in [2.75, 3.05) is 19.6 Å². The first-order valence-corrected chi connectivity index (χ1v) is 10.6. The van der Waals surface area contributed by atoms with Gasteiger partial charge in [-0.2, -0.15) is 39.5 Å². The minimum atomic E-state index is -5.08. The molecule has 1 spiro atoms. The van der Waals surface area contributed by atoms with Gasteiger partial charge in [0.2, 0.25) is 0 Å². The molecule has 39 heavy (non-hydrogen) atoms. The first kappa shape index (κ1) is 33.4. The Bertz CT molecular complexity index is 992. The summed E-state index contributed by atoms with van der Waals surface area (Å²) in [5.41, 5.74) is 0.309. The smallest absolute Gasteiger partial charge is 0.475 e. The molecule has 1 amide bonds. The Labute approximate surface area is 213 Å². The average Bonchev–Trinajstić information content (AvgIpc) is 3.20. The van der Waals surface area contributed by atoms with Crippen molar-refractivity contribution in [1.82, 2.24) is 15.2 Å². The zero-order chi connectivity index (χ0) is 30.1. The normalized spacial score (nSPS) is 19.5. The minimum Gasteiger partial charge on any atom is -0.475 e. The summed E-state index contributed by atoms with van der Waals surface area (Å²) < 4.78 is 100.